The fourth-order valence-corrected chi connectivity index (χ4v) is 0.702. The van der Waals surface area contributed by atoms with E-state index < -0.39 is 0 Å². The van der Waals surface area contributed by atoms with Crippen molar-refractivity contribution < 1.29 is 0 Å². The van der Waals surface area contributed by atoms with Crippen molar-refractivity contribution in [3.63, 3.8) is 0 Å². The minimum absolute atomic E-state index is 0.319. The Bertz CT molecular complexity index is 97.2. The highest BCUT2D eigenvalue weighted by molar-refractivity contribution is 4.91. The molecule has 0 spiro atoms. The lowest BCUT2D eigenvalue weighted by atomic mass is 10.1. The van der Waals surface area contributed by atoms with E-state index in [0.29, 0.717) is 5.92 Å². The van der Waals surface area contributed by atoms with Gasteiger partial charge in [0.15, 0.2) is 0 Å². The van der Waals surface area contributed by atoms with Gasteiger partial charge in [0.25, 0.3) is 0 Å². The number of hydrogen-bond acceptors (Lipinski definition) is 1. The molecule has 1 saturated carbocycles. The lowest BCUT2D eigenvalue weighted by Gasteiger charge is -1.90. The summed E-state index contributed by atoms with van der Waals surface area (Å²) >= 11 is 0. The highest BCUT2D eigenvalue weighted by Gasteiger charge is 2.27. The van der Waals surface area contributed by atoms with Crippen molar-refractivity contribution in [3.8, 4) is 6.07 Å². The van der Waals surface area contributed by atoms with Gasteiger partial charge in [-0.2, -0.15) is 5.26 Å². The van der Waals surface area contributed by atoms with E-state index in [1.54, 1.807) is 0 Å². The Labute approximate surface area is 44.0 Å². The molecule has 7 heavy (non-hydrogen) atoms. The largest absolute Gasteiger partial charge is 0.198 e. The molecule has 0 aliphatic heterocycles. The molecule has 0 bridgehead atoms. The van der Waals surface area contributed by atoms with Gasteiger partial charge in [-0.05, 0) is 25.7 Å². The number of nitriles is 1. The van der Waals surface area contributed by atoms with Gasteiger partial charge in [0.1, 0.15) is 0 Å². The first-order valence-electron chi connectivity index (χ1n) is 2.74. The molecule has 0 heterocycles. The third-order valence-electron chi connectivity index (χ3n) is 1.53. The van der Waals surface area contributed by atoms with Crippen molar-refractivity contribution in [2.45, 2.75) is 19.8 Å². The first-order chi connectivity index (χ1) is 3.34. The van der Waals surface area contributed by atoms with Gasteiger partial charge < -0.3 is 0 Å². The van der Waals surface area contributed by atoms with Crippen LogP contribution < -0.4 is 0 Å². The highest BCUT2D eigenvalue weighted by atomic mass is 14.4. The summed E-state index contributed by atoms with van der Waals surface area (Å²) in [4.78, 5) is 0. The average Bonchev–Trinajstić information content (AvgIpc) is 2.44. The lowest BCUT2D eigenvalue weighted by Crippen LogP contribution is -1.89. The maximum Gasteiger partial charge on any atom is 0.0655 e. The van der Waals surface area contributed by atoms with Crippen LogP contribution in [0.3, 0.4) is 0 Å². The molecule has 1 atom stereocenters. The Morgan fingerprint density at radius 1 is 1.71 bits per heavy atom. The smallest absolute Gasteiger partial charge is 0.0655 e. The lowest BCUT2D eigenvalue weighted by molar-refractivity contribution is 0.642. The molecule has 1 fully saturated rings. The van der Waals surface area contributed by atoms with Gasteiger partial charge >= 0.3 is 0 Å². The van der Waals surface area contributed by atoms with E-state index in [0.717, 1.165) is 5.92 Å². The minimum Gasteiger partial charge on any atom is -0.198 e. The van der Waals surface area contributed by atoms with E-state index in [-0.39, 0.29) is 0 Å². The molecule has 0 saturated heterocycles. The molecular formula is C6H9N. The van der Waals surface area contributed by atoms with E-state index in [4.69, 9.17) is 5.26 Å². The maximum atomic E-state index is 8.30. The van der Waals surface area contributed by atoms with Crippen molar-refractivity contribution in [2.75, 3.05) is 0 Å². The summed E-state index contributed by atoms with van der Waals surface area (Å²) in [7, 11) is 0. The third-order valence-corrected chi connectivity index (χ3v) is 1.53. The summed E-state index contributed by atoms with van der Waals surface area (Å²) in [5.41, 5.74) is 0. The Hall–Kier alpha value is -0.510. The molecule has 1 nitrogen and oxygen atoms in total. The van der Waals surface area contributed by atoms with Gasteiger partial charge in [0.05, 0.1) is 6.07 Å². The van der Waals surface area contributed by atoms with Gasteiger partial charge in [-0.3, -0.25) is 0 Å². The first-order valence-corrected chi connectivity index (χ1v) is 2.74. The molecule has 38 valence electrons. The van der Waals surface area contributed by atoms with Crippen LogP contribution in [-0.4, -0.2) is 0 Å². The van der Waals surface area contributed by atoms with Crippen molar-refractivity contribution >= 4 is 0 Å². The average molecular weight is 95.1 g/mol. The predicted molar refractivity (Wildman–Crippen MR) is 27.5 cm³/mol. The predicted octanol–water partition coefficient (Wildman–Crippen LogP) is 1.56. The van der Waals surface area contributed by atoms with Crippen molar-refractivity contribution in [1.29, 1.82) is 5.26 Å². The van der Waals surface area contributed by atoms with E-state index >= 15 is 0 Å². The zero-order chi connectivity index (χ0) is 5.28. The van der Waals surface area contributed by atoms with Crippen LogP contribution in [0, 0.1) is 23.2 Å². The second kappa shape index (κ2) is 1.54. The van der Waals surface area contributed by atoms with Gasteiger partial charge in [-0.25, -0.2) is 0 Å². The topological polar surface area (TPSA) is 23.8 Å². The molecule has 1 heteroatoms. The molecule has 0 N–H and O–H groups in total. The zero-order valence-electron chi connectivity index (χ0n) is 4.52. The van der Waals surface area contributed by atoms with Crippen LogP contribution in [-0.2, 0) is 0 Å². The van der Waals surface area contributed by atoms with Crippen LogP contribution in [0.1, 0.15) is 19.8 Å². The van der Waals surface area contributed by atoms with Gasteiger partial charge in [-0.15, -0.1) is 0 Å². The molecule has 0 aromatic rings. The second-order valence-corrected chi connectivity index (χ2v) is 2.26. The summed E-state index contributed by atoms with van der Waals surface area (Å²) < 4.78 is 0. The first kappa shape index (κ1) is 4.64. The maximum absolute atomic E-state index is 8.30. The van der Waals surface area contributed by atoms with Crippen molar-refractivity contribution in [1.82, 2.24) is 0 Å². The second-order valence-electron chi connectivity index (χ2n) is 2.26. The molecular weight excluding hydrogens is 86.1 g/mol. The van der Waals surface area contributed by atoms with Crippen LogP contribution >= 0.6 is 0 Å². The fourth-order valence-electron chi connectivity index (χ4n) is 0.702. The summed E-state index contributed by atoms with van der Waals surface area (Å²) in [6, 6.07) is 2.23. The number of hydrogen-bond donors (Lipinski definition) is 0. The summed E-state index contributed by atoms with van der Waals surface area (Å²) in [6.07, 6.45) is 2.57. The van der Waals surface area contributed by atoms with Crippen LogP contribution in [0.2, 0.25) is 0 Å². The number of rotatable bonds is 1. The standard InChI is InChI=1S/C6H9N/c1-5(4-7)6-2-3-6/h5-6H,2-3H2,1H3/t5-/m1/s1. The highest BCUT2D eigenvalue weighted by Crippen LogP contribution is 2.35. The van der Waals surface area contributed by atoms with Gasteiger partial charge in [0, 0.05) is 5.92 Å². The molecule has 0 radical (unpaired) electrons. The molecule has 0 amide bonds. The quantitative estimate of drug-likeness (QED) is 0.484. The Kier molecular flexibility index (Phi) is 1.02. The van der Waals surface area contributed by atoms with Crippen LogP contribution in [0.5, 0.6) is 0 Å². The molecule has 1 rings (SSSR count). The SMILES string of the molecule is C[C@H](C#N)C1CC1. The van der Waals surface area contributed by atoms with Crippen molar-refractivity contribution in [3.05, 3.63) is 0 Å². The third kappa shape index (κ3) is 0.928. The monoisotopic (exact) mass is 95.1 g/mol. The molecule has 1 aliphatic carbocycles. The Morgan fingerprint density at radius 2 is 2.29 bits per heavy atom. The van der Waals surface area contributed by atoms with Crippen LogP contribution in [0.15, 0.2) is 0 Å². The Morgan fingerprint density at radius 3 is 2.43 bits per heavy atom. The molecule has 1 aliphatic rings. The van der Waals surface area contributed by atoms with E-state index in [9.17, 15) is 0 Å². The molecule has 0 aromatic carbocycles. The summed E-state index contributed by atoms with van der Waals surface area (Å²) in [6.45, 7) is 2.00. The van der Waals surface area contributed by atoms with E-state index in [1.165, 1.54) is 12.8 Å². The van der Waals surface area contributed by atoms with Gasteiger partial charge in [-0.1, -0.05) is 0 Å². The van der Waals surface area contributed by atoms with Crippen LogP contribution in [0.25, 0.3) is 0 Å². The minimum atomic E-state index is 0.319. The van der Waals surface area contributed by atoms with Crippen LogP contribution in [0.4, 0.5) is 0 Å². The fraction of sp³-hybridized carbons (Fsp3) is 0.833. The zero-order valence-corrected chi connectivity index (χ0v) is 4.52. The van der Waals surface area contributed by atoms with Gasteiger partial charge in [0.2, 0.25) is 0 Å². The Balaban J connectivity index is 2.27. The van der Waals surface area contributed by atoms with E-state index in [1.807, 2.05) is 6.92 Å². The molecule has 0 unspecified atom stereocenters. The number of nitrogens with zero attached hydrogens (tertiary/aromatic N) is 1. The molecule has 0 aromatic heterocycles. The normalized spacial score (nSPS) is 23.4. The van der Waals surface area contributed by atoms with E-state index in [2.05, 4.69) is 6.07 Å². The van der Waals surface area contributed by atoms with Crippen molar-refractivity contribution in [2.24, 2.45) is 11.8 Å². The summed E-state index contributed by atoms with van der Waals surface area (Å²) in [5, 5.41) is 8.30. The summed E-state index contributed by atoms with van der Waals surface area (Å²) in [5.74, 6) is 1.07.